The van der Waals surface area contributed by atoms with Crippen LogP contribution in [0.5, 0.6) is 11.5 Å². The first-order valence-corrected chi connectivity index (χ1v) is 15.7. The maximum Gasteiger partial charge on any atom is 0.209 e. The van der Waals surface area contributed by atoms with E-state index in [0.29, 0.717) is 6.61 Å². The second-order valence-electron chi connectivity index (χ2n) is 10.0. The molecular weight excluding hydrogens is 516 g/mol. The average Bonchev–Trinajstić information content (AvgIpc) is 3.51. The van der Waals surface area contributed by atoms with E-state index in [1.165, 1.54) is 42.6 Å². The van der Waals surface area contributed by atoms with Crippen LogP contribution < -0.4 is 9.46 Å². The van der Waals surface area contributed by atoms with E-state index in [1.54, 1.807) is 17.4 Å². The Morgan fingerprint density at radius 1 is 1.03 bits per heavy atom. The highest BCUT2D eigenvalue weighted by Gasteiger charge is 2.16. The number of nitrogens with zero attached hydrogens (tertiary/aromatic N) is 1. The zero-order valence-corrected chi connectivity index (χ0v) is 23.5. The molecule has 2 N–H and O–H groups in total. The molecule has 1 saturated heterocycles. The van der Waals surface area contributed by atoms with Crippen LogP contribution >= 0.6 is 11.3 Å². The van der Waals surface area contributed by atoms with Crippen LogP contribution in [0.4, 0.5) is 0 Å². The van der Waals surface area contributed by atoms with E-state index in [0.717, 1.165) is 51.1 Å². The van der Waals surface area contributed by atoms with Gasteiger partial charge in [0.25, 0.3) is 0 Å². The monoisotopic (exact) mass is 550 g/mol. The van der Waals surface area contributed by atoms with Gasteiger partial charge in [0.1, 0.15) is 18.1 Å². The summed E-state index contributed by atoms with van der Waals surface area (Å²) in [5, 5.41) is 11.2. The maximum absolute atomic E-state index is 11.5. The maximum atomic E-state index is 11.5. The van der Waals surface area contributed by atoms with Crippen LogP contribution in [0, 0.1) is 6.92 Å². The lowest BCUT2D eigenvalue weighted by molar-refractivity contribution is 0.238. The molecule has 0 aliphatic carbocycles. The van der Waals surface area contributed by atoms with Crippen LogP contribution in [0.25, 0.3) is 20.5 Å². The lowest BCUT2D eigenvalue weighted by Crippen LogP contribution is -2.25. The quantitative estimate of drug-likeness (QED) is 0.265. The van der Waals surface area contributed by atoms with Crippen molar-refractivity contribution in [2.75, 3.05) is 32.5 Å². The number of fused-ring (bicyclic) bond motifs is 1. The van der Waals surface area contributed by atoms with Gasteiger partial charge in [0.05, 0.1) is 6.26 Å². The SMILES string of the molecule is Cc1cc(Cc2c(-c3ccc(OCCN4CCCC4)cc3)sc3cc(O)ccc23)ccc1CNS(C)(=O)=O. The van der Waals surface area contributed by atoms with Gasteiger partial charge in [-0.05, 0) is 115 Å². The van der Waals surface area contributed by atoms with Crippen LogP contribution in [-0.4, -0.2) is 50.9 Å². The summed E-state index contributed by atoms with van der Waals surface area (Å²) in [6.45, 7) is 6.30. The Kier molecular flexibility index (Phi) is 8.04. The van der Waals surface area contributed by atoms with Gasteiger partial charge in [-0.1, -0.05) is 18.2 Å². The fourth-order valence-electron chi connectivity index (χ4n) is 5.03. The van der Waals surface area contributed by atoms with Gasteiger partial charge < -0.3 is 9.84 Å². The summed E-state index contributed by atoms with van der Waals surface area (Å²) in [5.74, 6) is 1.14. The predicted octanol–water partition coefficient (Wildman–Crippen LogP) is 5.70. The predicted molar refractivity (Wildman–Crippen MR) is 156 cm³/mol. The van der Waals surface area contributed by atoms with Crippen LogP contribution in [-0.2, 0) is 23.0 Å². The van der Waals surface area contributed by atoms with Crippen molar-refractivity contribution in [1.29, 1.82) is 0 Å². The molecular formula is C30H34N2O4S2. The smallest absolute Gasteiger partial charge is 0.209 e. The number of thiophene rings is 1. The lowest BCUT2D eigenvalue weighted by atomic mass is 9.96. The van der Waals surface area contributed by atoms with Crippen molar-refractivity contribution in [3.05, 3.63) is 82.9 Å². The van der Waals surface area contributed by atoms with Crippen LogP contribution in [0.1, 0.15) is 35.1 Å². The van der Waals surface area contributed by atoms with Crippen LogP contribution in [0.3, 0.4) is 0 Å². The summed E-state index contributed by atoms with van der Waals surface area (Å²) < 4.78 is 32.6. The Bertz CT molecular complexity index is 1520. The number of phenols is 1. The van der Waals surface area contributed by atoms with Gasteiger partial charge in [0, 0.05) is 22.7 Å². The third-order valence-corrected chi connectivity index (χ3v) is 8.99. The topological polar surface area (TPSA) is 78.9 Å². The molecule has 0 atom stereocenters. The summed E-state index contributed by atoms with van der Waals surface area (Å²) in [6, 6.07) is 20.1. The fourth-order valence-corrected chi connectivity index (χ4v) is 6.71. The number of aryl methyl sites for hydroxylation is 1. The van der Waals surface area contributed by atoms with E-state index >= 15 is 0 Å². The Morgan fingerprint density at radius 3 is 2.50 bits per heavy atom. The molecule has 2 heterocycles. The number of sulfonamides is 1. The van der Waals surface area contributed by atoms with E-state index < -0.39 is 10.0 Å². The summed E-state index contributed by atoms with van der Waals surface area (Å²) in [5.41, 5.74) is 5.50. The number of aromatic hydroxyl groups is 1. The molecule has 5 rings (SSSR count). The number of nitrogens with one attached hydrogen (secondary N) is 1. The number of hydrogen-bond donors (Lipinski definition) is 2. The summed E-state index contributed by atoms with van der Waals surface area (Å²) in [4.78, 5) is 3.62. The first-order chi connectivity index (χ1) is 18.2. The minimum atomic E-state index is -3.25. The fraction of sp³-hybridized carbons (Fsp3) is 0.333. The number of ether oxygens (including phenoxy) is 1. The third kappa shape index (κ3) is 6.56. The van der Waals surface area contributed by atoms with Gasteiger partial charge in [-0.2, -0.15) is 0 Å². The van der Waals surface area contributed by atoms with Crippen molar-refractivity contribution in [2.24, 2.45) is 0 Å². The third-order valence-electron chi connectivity index (χ3n) is 7.08. The van der Waals surface area contributed by atoms with E-state index in [9.17, 15) is 13.5 Å². The van der Waals surface area contributed by atoms with Gasteiger partial charge in [-0.25, -0.2) is 13.1 Å². The minimum absolute atomic E-state index is 0.261. The molecule has 1 fully saturated rings. The van der Waals surface area contributed by atoms with Crippen molar-refractivity contribution in [3.63, 3.8) is 0 Å². The zero-order chi connectivity index (χ0) is 26.7. The largest absolute Gasteiger partial charge is 0.508 e. The van der Waals surface area contributed by atoms with Crippen molar-refractivity contribution in [3.8, 4) is 21.9 Å². The molecule has 4 aromatic rings. The first-order valence-electron chi connectivity index (χ1n) is 13.0. The molecule has 8 heteroatoms. The number of hydrogen-bond acceptors (Lipinski definition) is 6. The number of benzene rings is 3. The molecule has 0 amide bonds. The minimum Gasteiger partial charge on any atom is -0.508 e. The number of rotatable bonds is 10. The Hall–Kier alpha value is -2.91. The molecule has 0 bridgehead atoms. The van der Waals surface area contributed by atoms with E-state index in [2.05, 4.69) is 33.9 Å². The van der Waals surface area contributed by atoms with Gasteiger partial charge in [0.2, 0.25) is 10.0 Å². The molecule has 1 aliphatic heterocycles. The van der Waals surface area contributed by atoms with Crippen LogP contribution in [0.2, 0.25) is 0 Å². The molecule has 3 aromatic carbocycles. The second kappa shape index (κ2) is 11.5. The molecule has 0 unspecified atom stereocenters. The standard InChI is InChI=1S/C30H34N2O4S2/c1-21-17-22(5-6-24(21)20-31-38(2,34)35)18-28-27-12-9-25(33)19-29(27)37-30(28)23-7-10-26(11-8-23)36-16-15-32-13-3-4-14-32/h5-12,17,19,31,33H,3-4,13-16,18,20H2,1-2H3. The molecule has 6 nitrogen and oxygen atoms in total. The summed E-state index contributed by atoms with van der Waals surface area (Å²) in [6.07, 6.45) is 4.47. The molecule has 38 heavy (non-hydrogen) atoms. The van der Waals surface area contributed by atoms with Gasteiger partial charge in [0.15, 0.2) is 0 Å². The highest BCUT2D eigenvalue weighted by molar-refractivity contribution is 7.88. The summed E-state index contributed by atoms with van der Waals surface area (Å²) in [7, 11) is -3.25. The van der Waals surface area contributed by atoms with Crippen molar-refractivity contribution < 1.29 is 18.3 Å². The highest BCUT2D eigenvalue weighted by atomic mass is 32.2. The Labute approximate surface area is 228 Å². The molecule has 0 radical (unpaired) electrons. The Morgan fingerprint density at radius 2 is 1.79 bits per heavy atom. The van der Waals surface area contributed by atoms with Crippen molar-refractivity contribution >= 4 is 31.4 Å². The van der Waals surface area contributed by atoms with Gasteiger partial charge in [-0.3, -0.25) is 4.90 Å². The van der Waals surface area contributed by atoms with Gasteiger partial charge >= 0.3 is 0 Å². The van der Waals surface area contributed by atoms with Crippen molar-refractivity contribution in [1.82, 2.24) is 9.62 Å². The van der Waals surface area contributed by atoms with Gasteiger partial charge in [-0.15, -0.1) is 11.3 Å². The van der Waals surface area contributed by atoms with E-state index in [4.69, 9.17) is 4.74 Å². The average molecular weight is 551 g/mol. The second-order valence-corrected chi connectivity index (χ2v) is 12.9. The lowest BCUT2D eigenvalue weighted by Gasteiger charge is -2.15. The molecule has 0 saturated carbocycles. The normalized spacial score (nSPS) is 14.4. The first kappa shape index (κ1) is 26.7. The molecule has 1 aliphatic rings. The highest BCUT2D eigenvalue weighted by Crippen LogP contribution is 2.41. The summed E-state index contributed by atoms with van der Waals surface area (Å²) >= 11 is 1.68. The molecule has 1 aromatic heterocycles. The number of likely N-dealkylation sites (tertiary alicyclic amines) is 1. The van der Waals surface area contributed by atoms with E-state index in [1.807, 2.05) is 37.3 Å². The zero-order valence-electron chi connectivity index (χ0n) is 21.9. The van der Waals surface area contributed by atoms with E-state index in [-0.39, 0.29) is 12.3 Å². The van der Waals surface area contributed by atoms with Crippen LogP contribution in [0.15, 0.2) is 60.7 Å². The molecule has 200 valence electrons. The Balaban J connectivity index is 1.38. The number of phenolic OH excluding ortho intramolecular Hbond substituents is 1. The van der Waals surface area contributed by atoms with Crippen molar-refractivity contribution in [2.45, 2.75) is 32.7 Å². The molecule has 0 spiro atoms.